The van der Waals surface area contributed by atoms with E-state index < -0.39 is 12.0 Å². The average molecular weight is 294 g/mol. The molecule has 1 atom stereocenters. The quantitative estimate of drug-likeness (QED) is 0.782. The summed E-state index contributed by atoms with van der Waals surface area (Å²) < 4.78 is 1.96. The van der Waals surface area contributed by atoms with E-state index in [2.05, 4.69) is 9.97 Å². The lowest BCUT2D eigenvalue weighted by Gasteiger charge is -2.04. The van der Waals surface area contributed by atoms with Crippen LogP contribution in [-0.2, 0) is 10.5 Å². The second kappa shape index (κ2) is 6.23. The molecule has 0 aliphatic heterocycles. The van der Waals surface area contributed by atoms with Crippen LogP contribution in [-0.4, -0.2) is 37.2 Å². The summed E-state index contributed by atoms with van der Waals surface area (Å²) in [5, 5.41) is 8.69. The molecule has 2 aromatic heterocycles. The van der Waals surface area contributed by atoms with Gasteiger partial charge in [-0.15, -0.1) is 0 Å². The summed E-state index contributed by atoms with van der Waals surface area (Å²) in [4.78, 5) is 19.4. The molecule has 1 unspecified atom stereocenters. The first-order valence-electron chi connectivity index (χ1n) is 6.35. The van der Waals surface area contributed by atoms with Crippen molar-refractivity contribution in [3.8, 4) is 0 Å². The van der Waals surface area contributed by atoms with E-state index in [1.807, 2.05) is 30.5 Å². The van der Waals surface area contributed by atoms with Crippen LogP contribution in [0.2, 0.25) is 0 Å². The van der Waals surface area contributed by atoms with E-state index in [0.717, 1.165) is 22.8 Å². The lowest BCUT2D eigenvalue weighted by Crippen LogP contribution is -2.30. The summed E-state index contributed by atoms with van der Waals surface area (Å²) in [5.74, 6) is 1.19. The van der Waals surface area contributed by atoms with Gasteiger partial charge in [0.05, 0.1) is 5.69 Å². The number of nitrogens with zero attached hydrogens (tertiary/aromatic N) is 3. The van der Waals surface area contributed by atoms with Crippen LogP contribution in [0.5, 0.6) is 0 Å². The molecule has 2 heterocycles. The molecule has 0 radical (unpaired) electrons. The largest absolute Gasteiger partial charge is 0.480 e. The van der Waals surface area contributed by atoms with E-state index in [-0.39, 0.29) is 0 Å². The number of hydrogen-bond acceptors (Lipinski definition) is 5. The minimum Gasteiger partial charge on any atom is -0.480 e. The maximum atomic E-state index is 10.6. The normalized spacial score (nSPS) is 12.8. The third-order valence-corrected chi connectivity index (χ3v) is 3.98. The standard InChI is InChI=1S/C13H18N4O2S/c1-8-5-9(2)17-6-10(16-13(17)15-8)7-20-4-3-11(14)12(18)19/h5-6,11H,3-4,7,14H2,1-2H3,(H,18,19). The zero-order valence-electron chi connectivity index (χ0n) is 11.5. The third-order valence-electron chi connectivity index (χ3n) is 2.95. The molecule has 0 aliphatic carbocycles. The Morgan fingerprint density at radius 1 is 1.50 bits per heavy atom. The van der Waals surface area contributed by atoms with Crippen molar-refractivity contribution in [2.75, 3.05) is 5.75 Å². The van der Waals surface area contributed by atoms with Crippen molar-refractivity contribution in [2.45, 2.75) is 32.1 Å². The molecular formula is C13H18N4O2S. The van der Waals surface area contributed by atoms with E-state index >= 15 is 0 Å². The molecule has 0 saturated carbocycles. The first-order chi connectivity index (χ1) is 9.47. The van der Waals surface area contributed by atoms with E-state index in [1.54, 1.807) is 11.8 Å². The molecule has 20 heavy (non-hydrogen) atoms. The van der Waals surface area contributed by atoms with Gasteiger partial charge in [0.1, 0.15) is 6.04 Å². The van der Waals surface area contributed by atoms with Crippen molar-refractivity contribution in [3.05, 3.63) is 29.3 Å². The first kappa shape index (κ1) is 14.8. The van der Waals surface area contributed by atoms with Gasteiger partial charge in [-0.25, -0.2) is 9.97 Å². The molecule has 0 saturated heterocycles. The van der Waals surface area contributed by atoms with Gasteiger partial charge < -0.3 is 10.8 Å². The Kier molecular flexibility index (Phi) is 4.61. The predicted molar refractivity (Wildman–Crippen MR) is 78.9 cm³/mol. The van der Waals surface area contributed by atoms with E-state index in [9.17, 15) is 4.79 Å². The molecule has 0 aromatic carbocycles. The van der Waals surface area contributed by atoms with Gasteiger partial charge in [0.25, 0.3) is 0 Å². The van der Waals surface area contributed by atoms with Gasteiger partial charge in [-0.1, -0.05) is 0 Å². The molecule has 6 nitrogen and oxygen atoms in total. The smallest absolute Gasteiger partial charge is 0.320 e. The SMILES string of the molecule is Cc1cc(C)n2cc(CSCCC(N)C(=O)O)nc2n1. The van der Waals surface area contributed by atoms with Gasteiger partial charge in [-0.3, -0.25) is 9.20 Å². The number of fused-ring (bicyclic) bond motifs is 1. The number of aliphatic carboxylic acids is 1. The van der Waals surface area contributed by atoms with Crippen LogP contribution in [0.3, 0.4) is 0 Å². The maximum absolute atomic E-state index is 10.6. The molecule has 0 amide bonds. The van der Waals surface area contributed by atoms with Gasteiger partial charge in [0.15, 0.2) is 0 Å². The molecule has 0 fully saturated rings. The highest BCUT2D eigenvalue weighted by Crippen LogP contribution is 2.15. The number of rotatable bonds is 6. The Balaban J connectivity index is 1.94. The molecule has 0 bridgehead atoms. The van der Waals surface area contributed by atoms with Gasteiger partial charge in [-0.2, -0.15) is 11.8 Å². The summed E-state index contributed by atoms with van der Waals surface area (Å²) in [6, 6.07) is 1.23. The molecule has 2 aromatic rings. The van der Waals surface area contributed by atoms with Crippen LogP contribution in [0.1, 0.15) is 23.5 Å². The van der Waals surface area contributed by atoms with Gasteiger partial charge in [-0.05, 0) is 32.1 Å². The van der Waals surface area contributed by atoms with Crippen LogP contribution in [0.15, 0.2) is 12.3 Å². The number of imidazole rings is 1. The summed E-state index contributed by atoms with van der Waals surface area (Å²) in [5.41, 5.74) is 8.45. The van der Waals surface area contributed by atoms with Gasteiger partial charge >= 0.3 is 5.97 Å². The number of aryl methyl sites for hydroxylation is 2. The number of nitrogens with two attached hydrogens (primary N) is 1. The highest BCUT2D eigenvalue weighted by Gasteiger charge is 2.11. The Morgan fingerprint density at radius 2 is 2.25 bits per heavy atom. The molecule has 108 valence electrons. The average Bonchev–Trinajstić information content (AvgIpc) is 2.77. The number of thioether (sulfide) groups is 1. The molecule has 0 spiro atoms. The number of carboxylic acids is 1. The number of hydrogen-bond donors (Lipinski definition) is 2. The molecule has 2 rings (SSSR count). The monoisotopic (exact) mass is 294 g/mol. The van der Waals surface area contributed by atoms with Gasteiger partial charge in [0, 0.05) is 23.3 Å². The highest BCUT2D eigenvalue weighted by atomic mass is 32.2. The fourth-order valence-corrected chi connectivity index (χ4v) is 2.81. The van der Waals surface area contributed by atoms with Crippen molar-refractivity contribution in [1.29, 1.82) is 0 Å². The minimum atomic E-state index is -0.950. The third kappa shape index (κ3) is 3.49. The number of carbonyl (C=O) groups is 1. The van der Waals surface area contributed by atoms with Crippen LogP contribution in [0.25, 0.3) is 5.78 Å². The molecule has 0 aliphatic rings. The van der Waals surface area contributed by atoms with Crippen molar-refractivity contribution in [1.82, 2.24) is 14.4 Å². The molecule has 3 N–H and O–H groups in total. The van der Waals surface area contributed by atoms with Crippen LogP contribution in [0.4, 0.5) is 0 Å². The Morgan fingerprint density at radius 3 is 2.95 bits per heavy atom. The number of aromatic nitrogens is 3. The summed E-state index contributed by atoms with van der Waals surface area (Å²) in [6.45, 7) is 3.97. The van der Waals surface area contributed by atoms with Crippen LogP contribution in [0, 0.1) is 13.8 Å². The summed E-state index contributed by atoms with van der Waals surface area (Å²) in [7, 11) is 0. The second-order valence-corrected chi connectivity index (χ2v) is 5.83. The van der Waals surface area contributed by atoms with Crippen molar-refractivity contribution < 1.29 is 9.90 Å². The minimum absolute atomic E-state index is 0.462. The van der Waals surface area contributed by atoms with Crippen LogP contribution < -0.4 is 5.73 Å². The summed E-state index contributed by atoms with van der Waals surface area (Å²) >= 11 is 1.63. The topological polar surface area (TPSA) is 93.5 Å². The van der Waals surface area contributed by atoms with E-state index in [0.29, 0.717) is 18.0 Å². The fraction of sp³-hybridized carbons (Fsp3) is 0.462. The van der Waals surface area contributed by atoms with E-state index in [1.165, 1.54) is 0 Å². The first-order valence-corrected chi connectivity index (χ1v) is 7.51. The van der Waals surface area contributed by atoms with E-state index in [4.69, 9.17) is 10.8 Å². The zero-order chi connectivity index (χ0) is 14.7. The highest BCUT2D eigenvalue weighted by molar-refractivity contribution is 7.98. The Labute approximate surface area is 121 Å². The maximum Gasteiger partial charge on any atom is 0.320 e. The predicted octanol–water partition coefficient (Wildman–Crippen LogP) is 1.38. The number of carboxylic acid groups (broad SMARTS) is 1. The van der Waals surface area contributed by atoms with Crippen LogP contribution >= 0.6 is 11.8 Å². The van der Waals surface area contributed by atoms with Gasteiger partial charge in [0.2, 0.25) is 5.78 Å². The molecule has 7 heteroatoms. The van der Waals surface area contributed by atoms with Crippen molar-refractivity contribution >= 4 is 23.5 Å². The Bertz CT molecular complexity index is 626. The fourth-order valence-electron chi connectivity index (χ4n) is 1.90. The lowest BCUT2D eigenvalue weighted by molar-refractivity contribution is -0.138. The van der Waals surface area contributed by atoms with Crippen molar-refractivity contribution in [3.63, 3.8) is 0 Å². The zero-order valence-corrected chi connectivity index (χ0v) is 12.4. The Hall–Kier alpha value is -1.60. The lowest BCUT2D eigenvalue weighted by atomic mass is 10.2. The summed E-state index contributed by atoms with van der Waals surface area (Å²) in [6.07, 6.45) is 2.44. The molecular weight excluding hydrogens is 276 g/mol. The van der Waals surface area contributed by atoms with Crippen molar-refractivity contribution in [2.24, 2.45) is 5.73 Å². The second-order valence-electron chi connectivity index (χ2n) is 4.73.